The van der Waals surface area contributed by atoms with Gasteiger partial charge >= 0.3 is 0 Å². The number of hydrogen-bond donors (Lipinski definition) is 0. The first kappa shape index (κ1) is 7.45. The third kappa shape index (κ3) is 0.981. The largest absolute Gasteiger partial charge is 0.357 e. The predicted octanol–water partition coefficient (Wildman–Crippen LogP) is 1.46. The minimum Gasteiger partial charge on any atom is -0.357 e. The van der Waals surface area contributed by atoms with Gasteiger partial charge in [-0.25, -0.2) is 0 Å². The smallest absolute Gasteiger partial charge is 0.0976 e. The second-order valence-corrected chi connectivity index (χ2v) is 2.84. The molecule has 1 aliphatic heterocycles. The summed E-state index contributed by atoms with van der Waals surface area (Å²) in [5, 5.41) is 0. The van der Waals surface area contributed by atoms with Crippen molar-refractivity contribution in [2.24, 2.45) is 0 Å². The summed E-state index contributed by atoms with van der Waals surface area (Å²) in [5.41, 5.74) is 1.36. The number of rotatable bonds is 1. The van der Waals surface area contributed by atoms with Crippen LogP contribution < -0.4 is 0 Å². The third-order valence-electron chi connectivity index (χ3n) is 2.31. The maximum atomic E-state index is 2.33. The lowest BCUT2D eigenvalue weighted by Gasteiger charge is -2.26. The highest BCUT2D eigenvalue weighted by atomic mass is 15.4. The molecule has 0 bridgehead atoms. The topological polar surface area (TPSA) is 6.48 Å². The van der Waals surface area contributed by atoms with Crippen molar-refractivity contribution in [2.75, 3.05) is 13.6 Å². The summed E-state index contributed by atoms with van der Waals surface area (Å²) >= 11 is 0. The van der Waals surface area contributed by atoms with E-state index in [1.807, 2.05) is 0 Å². The van der Waals surface area contributed by atoms with Crippen molar-refractivity contribution in [1.29, 1.82) is 0 Å². The molecule has 0 spiro atoms. The average molecular weight is 140 g/mol. The van der Waals surface area contributed by atoms with Crippen molar-refractivity contribution < 1.29 is 0 Å². The molecule has 0 saturated heterocycles. The SMILES string of the molecule is CCN1C=C(C)N(C)C1C. The standard InChI is InChI=1S/C8H16N2/c1-5-10-6-7(2)9(4)8(10)3/h6,8H,5H2,1-4H3. The van der Waals surface area contributed by atoms with Crippen molar-refractivity contribution in [1.82, 2.24) is 9.80 Å². The highest BCUT2D eigenvalue weighted by molar-refractivity contribution is 5.04. The van der Waals surface area contributed by atoms with Gasteiger partial charge in [0.15, 0.2) is 0 Å². The Kier molecular flexibility index (Phi) is 1.88. The highest BCUT2D eigenvalue weighted by Gasteiger charge is 2.20. The molecule has 1 aliphatic rings. The van der Waals surface area contributed by atoms with Gasteiger partial charge in [-0.1, -0.05) is 0 Å². The second kappa shape index (κ2) is 2.52. The van der Waals surface area contributed by atoms with Crippen molar-refractivity contribution in [3.8, 4) is 0 Å². The molecular formula is C8H16N2. The molecule has 10 heavy (non-hydrogen) atoms. The normalized spacial score (nSPS) is 25.6. The molecule has 0 aromatic heterocycles. The first-order valence-corrected chi connectivity index (χ1v) is 3.83. The van der Waals surface area contributed by atoms with E-state index in [2.05, 4.69) is 43.8 Å². The zero-order valence-electron chi connectivity index (χ0n) is 7.26. The molecule has 0 fully saturated rings. The van der Waals surface area contributed by atoms with Gasteiger partial charge in [0, 0.05) is 25.5 Å². The maximum Gasteiger partial charge on any atom is 0.0976 e. The van der Waals surface area contributed by atoms with Crippen LogP contribution in [0.15, 0.2) is 11.9 Å². The van der Waals surface area contributed by atoms with Gasteiger partial charge in [-0.05, 0) is 20.8 Å². The lowest BCUT2D eigenvalue weighted by Crippen LogP contribution is -2.34. The summed E-state index contributed by atoms with van der Waals surface area (Å²) in [6, 6.07) is 0. The predicted molar refractivity (Wildman–Crippen MR) is 43.4 cm³/mol. The van der Waals surface area contributed by atoms with Crippen molar-refractivity contribution >= 4 is 0 Å². The molecule has 1 unspecified atom stereocenters. The van der Waals surface area contributed by atoms with E-state index in [0.717, 1.165) is 6.54 Å². The van der Waals surface area contributed by atoms with Gasteiger partial charge in [-0.15, -0.1) is 0 Å². The molecule has 2 nitrogen and oxygen atoms in total. The van der Waals surface area contributed by atoms with E-state index in [-0.39, 0.29) is 0 Å². The van der Waals surface area contributed by atoms with Gasteiger partial charge in [-0.2, -0.15) is 0 Å². The molecular weight excluding hydrogens is 124 g/mol. The van der Waals surface area contributed by atoms with Crippen LogP contribution in [-0.4, -0.2) is 29.6 Å². The molecule has 1 rings (SSSR count). The summed E-state index contributed by atoms with van der Waals surface area (Å²) in [5.74, 6) is 0. The minimum absolute atomic E-state index is 0.546. The van der Waals surface area contributed by atoms with Crippen LogP contribution in [0.4, 0.5) is 0 Å². The van der Waals surface area contributed by atoms with Gasteiger partial charge in [0.2, 0.25) is 0 Å². The Bertz CT molecular complexity index is 151. The number of hydrogen-bond acceptors (Lipinski definition) is 2. The summed E-state index contributed by atoms with van der Waals surface area (Å²) in [6.45, 7) is 7.64. The minimum atomic E-state index is 0.546. The van der Waals surface area contributed by atoms with Crippen molar-refractivity contribution in [2.45, 2.75) is 26.9 Å². The van der Waals surface area contributed by atoms with Crippen LogP contribution in [0, 0.1) is 0 Å². The molecule has 0 aliphatic carbocycles. The van der Waals surface area contributed by atoms with Crippen molar-refractivity contribution in [3.63, 3.8) is 0 Å². The average Bonchev–Trinajstić information content (AvgIpc) is 2.17. The van der Waals surface area contributed by atoms with E-state index in [0.29, 0.717) is 6.17 Å². The van der Waals surface area contributed by atoms with E-state index in [9.17, 15) is 0 Å². The molecule has 0 aromatic rings. The molecule has 1 atom stereocenters. The quantitative estimate of drug-likeness (QED) is 0.544. The Morgan fingerprint density at radius 3 is 2.40 bits per heavy atom. The fraction of sp³-hybridized carbons (Fsp3) is 0.750. The molecule has 58 valence electrons. The van der Waals surface area contributed by atoms with Gasteiger partial charge in [0.05, 0.1) is 6.17 Å². The Morgan fingerprint density at radius 2 is 2.20 bits per heavy atom. The Hall–Kier alpha value is -0.660. The molecule has 0 aromatic carbocycles. The fourth-order valence-electron chi connectivity index (χ4n) is 1.31. The monoisotopic (exact) mass is 140 g/mol. The summed E-state index contributed by atoms with van der Waals surface area (Å²) in [7, 11) is 2.13. The van der Waals surface area contributed by atoms with Gasteiger partial charge < -0.3 is 9.80 Å². The van der Waals surface area contributed by atoms with Gasteiger partial charge in [0.1, 0.15) is 0 Å². The van der Waals surface area contributed by atoms with E-state index in [1.165, 1.54) is 5.70 Å². The van der Waals surface area contributed by atoms with Crippen molar-refractivity contribution in [3.05, 3.63) is 11.9 Å². The van der Waals surface area contributed by atoms with Crippen LogP contribution >= 0.6 is 0 Å². The van der Waals surface area contributed by atoms with Crippen LogP contribution in [0.25, 0.3) is 0 Å². The molecule has 0 saturated carbocycles. The van der Waals surface area contributed by atoms with Crippen LogP contribution in [0.1, 0.15) is 20.8 Å². The van der Waals surface area contributed by atoms with E-state index < -0.39 is 0 Å². The first-order chi connectivity index (χ1) is 4.66. The lowest BCUT2D eigenvalue weighted by atomic mass is 10.4. The molecule has 1 heterocycles. The molecule has 0 N–H and O–H groups in total. The van der Waals surface area contributed by atoms with Gasteiger partial charge in [0.25, 0.3) is 0 Å². The van der Waals surface area contributed by atoms with E-state index >= 15 is 0 Å². The zero-order chi connectivity index (χ0) is 7.72. The summed E-state index contributed by atoms with van der Waals surface area (Å²) < 4.78 is 0. The van der Waals surface area contributed by atoms with Crippen LogP contribution in [0.3, 0.4) is 0 Å². The highest BCUT2D eigenvalue weighted by Crippen LogP contribution is 2.18. The van der Waals surface area contributed by atoms with Crippen LogP contribution in [-0.2, 0) is 0 Å². The Labute approximate surface area is 63.1 Å². The lowest BCUT2D eigenvalue weighted by molar-refractivity contribution is 0.195. The molecule has 0 radical (unpaired) electrons. The fourth-order valence-corrected chi connectivity index (χ4v) is 1.31. The second-order valence-electron chi connectivity index (χ2n) is 2.84. The summed E-state index contributed by atoms with van der Waals surface area (Å²) in [4.78, 5) is 4.61. The van der Waals surface area contributed by atoms with Gasteiger partial charge in [-0.3, -0.25) is 0 Å². The maximum absolute atomic E-state index is 2.33. The van der Waals surface area contributed by atoms with E-state index in [4.69, 9.17) is 0 Å². The first-order valence-electron chi connectivity index (χ1n) is 3.83. The molecule has 0 amide bonds. The van der Waals surface area contributed by atoms with Crippen LogP contribution in [0.2, 0.25) is 0 Å². The number of nitrogens with zero attached hydrogens (tertiary/aromatic N) is 2. The number of allylic oxidation sites excluding steroid dienone is 1. The van der Waals surface area contributed by atoms with E-state index in [1.54, 1.807) is 0 Å². The van der Waals surface area contributed by atoms with Crippen LogP contribution in [0.5, 0.6) is 0 Å². The zero-order valence-corrected chi connectivity index (χ0v) is 7.26. The third-order valence-corrected chi connectivity index (χ3v) is 2.31. The summed E-state index contributed by atoms with van der Waals surface area (Å²) in [6.07, 6.45) is 2.76. The Balaban J connectivity index is 2.66. The molecule has 2 heteroatoms. The Morgan fingerprint density at radius 1 is 1.60 bits per heavy atom.